The predicted octanol–water partition coefficient (Wildman–Crippen LogP) is 2.74. The second-order valence-electron chi connectivity index (χ2n) is 6.42. The summed E-state index contributed by atoms with van der Waals surface area (Å²) in [4.78, 5) is 14.6. The number of rotatable bonds is 4. The fourth-order valence-electron chi connectivity index (χ4n) is 2.84. The summed E-state index contributed by atoms with van der Waals surface area (Å²) in [5.41, 5.74) is 0.931. The Kier molecular flexibility index (Phi) is 4.28. The summed E-state index contributed by atoms with van der Waals surface area (Å²) >= 11 is 0. The van der Waals surface area contributed by atoms with Crippen LogP contribution in [0.4, 0.5) is 5.82 Å². The van der Waals surface area contributed by atoms with Crippen LogP contribution in [0.1, 0.15) is 42.7 Å². The van der Waals surface area contributed by atoms with E-state index in [4.69, 9.17) is 0 Å². The summed E-state index contributed by atoms with van der Waals surface area (Å²) in [5, 5.41) is 11.3. The number of nitrogens with zero attached hydrogens (tertiary/aromatic N) is 3. The maximum atomic E-state index is 12.4. The van der Waals surface area contributed by atoms with Crippen molar-refractivity contribution in [3.05, 3.63) is 53.7 Å². The van der Waals surface area contributed by atoms with E-state index >= 15 is 0 Å². The van der Waals surface area contributed by atoms with E-state index in [0.717, 1.165) is 24.5 Å². The number of amides is 1. The lowest BCUT2D eigenvalue weighted by atomic mass is 9.94. The minimum absolute atomic E-state index is 0.209. The highest BCUT2D eigenvalue weighted by Crippen LogP contribution is 2.20. The van der Waals surface area contributed by atoms with Gasteiger partial charge in [-0.3, -0.25) is 4.79 Å². The molecule has 1 aromatic carbocycles. The Labute approximate surface area is 136 Å². The van der Waals surface area contributed by atoms with Gasteiger partial charge in [0.1, 0.15) is 0 Å². The van der Waals surface area contributed by atoms with Gasteiger partial charge in [-0.15, -0.1) is 10.2 Å². The molecule has 0 aliphatic carbocycles. The lowest BCUT2D eigenvalue weighted by Crippen LogP contribution is -2.41. The third-order valence-electron chi connectivity index (χ3n) is 4.23. The zero-order chi connectivity index (χ0) is 16.3. The van der Waals surface area contributed by atoms with E-state index in [1.54, 1.807) is 6.07 Å². The Hall–Kier alpha value is -2.43. The molecule has 0 spiro atoms. The molecule has 1 N–H and O–H groups in total. The highest BCUT2D eigenvalue weighted by molar-refractivity contribution is 5.92. The van der Waals surface area contributed by atoms with E-state index in [0.29, 0.717) is 5.69 Å². The van der Waals surface area contributed by atoms with E-state index in [9.17, 15) is 4.79 Å². The number of carbonyl (C=O) groups excluding carboxylic acids is 1. The monoisotopic (exact) mass is 310 g/mol. The molecule has 1 fully saturated rings. The van der Waals surface area contributed by atoms with Gasteiger partial charge in [0, 0.05) is 13.1 Å². The van der Waals surface area contributed by atoms with Crippen LogP contribution in [0.3, 0.4) is 0 Å². The normalized spacial score (nSPS) is 14.8. The Bertz CT molecular complexity index is 661. The van der Waals surface area contributed by atoms with E-state index in [2.05, 4.69) is 20.4 Å². The number of benzene rings is 1. The lowest BCUT2D eigenvalue weighted by molar-refractivity contribution is 0.0906. The predicted molar refractivity (Wildman–Crippen MR) is 90.4 cm³/mol. The highest BCUT2D eigenvalue weighted by Gasteiger charge is 2.24. The van der Waals surface area contributed by atoms with Crippen molar-refractivity contribution in [2.24, 2.45) is 0 Å². The van der Waals surface area contributed by atoms with Crippen molar-refractivity contribution in [2.75, 3.05) is 18.0 Å². The van der Waals surface area contributed by atoms with Crippen LogP contribution in [0.5, 0.6) is 0 Å². The Morgan fingerprint density at radius 3 is 2.35 bits per heavy atom. The molecule has 23 heavy (non-hydrogen) atoms. The molecule has 1 amide bonds. The van der Waals surface area contributed by atoms with Crippen molar-refractivity contribution in [3.63, 3.8) is 0 Å². The van der Waals surface area contributed by atoms with Gasteiger partial charge in [-0.2, -0.15) is 0 Å². The molecule has 0 bridgehead atoms. The van der Waals surface area contributed by atoms with Crippen LogP contribution < -0.4 is 10.2 Å². The molecule has 0 atom stereocenters. The minimum Gasteiger partial charge on any atom is -0.355 e. The summed E-state index contributed by atoms with van der Waals surface area (Å²) in [7, 11) is 0. The summed E-state index contributed by atoms with van der Waals surface area (Å²) in [6.07, 6.45) is 2.38. The minimum atomic E-state index is -0.465. The van der Waals surface area contributed by atoms with Gasteiger partial charge in [0.15, 0.2) is 11.5 Å². The first-order valence-corrected chi connectivity index (χ1v) is 8.03. The van der Waals surface area contributed by atoms with Gasteiger partial charge in [-0.05, 0) is 44.4 Å². The average Bonchev–Trinajstić information content (AvgIpc) is 3.10. The molecule has 3 rings (SSSR count). The first kappa shape index (κ1) is 15.5. The van der Waals surface area contributed by atoms with Crippen molar-refractivity contribution in [3.8, 4) is 0 Å². The van der Waals surface area contributed by atoms with Gasteiger partial charge < -0.3 is 10.2 Å². The van der Waals surface area contributed by atoms with Crippen LogP contribution in [-0.4, -0.2) is 29.2 Å². The first-order chi connectivity index (χ1) is 11.1. The summed E-state index contributed by atoms with van der Waals surface area (Å²) < 4.78 is 0. The van der Waals surface area contributed by atoms with E-state index in [1.807, 2.05) is 50.2 Å². The molecule has 0 radical (unpaired) electrons. The van der Waals surface area contributed by atoms with E-state index < -0.39 is 5.54 Å². The molecular weight excluding hydrogens is 288 g/mol. The van der Waals surface area contributed by atoms with Gasteiger partial charge in [0.05, 0.1) is 5.54 Å². The van der Waals surface area contributed by atoms with Crippen LogP contribution in [0.25, 0.3) is 0 Å². The lowest BCUT2D eigenvalue weighted by Gasteiger charge is -2.26. The standard InChI is InChI=1S/C18H22N4O/c1-18(2,14-8-4-3-5-9-14)19-17(23)15-10-11-16(21-20-15)22-12-6-7-13-22/h3-5,8-11H,6-7,12-13H2,1-2H3,(H,19,23). The third kappa shape index (κ3) is 3.50. The average molecular weight is 310 g/mol. The second-order valence-corrected chi connectivity index (χ2v) is 6.42. The Morgan fingerprint density at radius 1 is 1.04 bits per heavy atom. The van der Waals surface area contributed by atoms with Crippen molar-refractivity contribution in [1.29, 1.82) is 0 Å². The molecule has 1 aliphatic heterocycles. The fourth-order valence-corrected chi connectivity index (χ4v) is 2.84. The molecule has 5 heteroatoms. The zero-order valence-electron chi connectivity index (χ0n) is 13.6. The zero-order valence-corrected chi connectivity index (χ0v) is 13.6. The second kappa shape index (κ2) is 6.36. The highest BCUT2D eigenvalue weighted by atomic mass is 16.2. The number of hydrogen-bond acceptors (Lipinski definition) is 4. The number of aromatic nitrogens is 2. The van der Waals surface area contributed by atoms with Gasteiger partial charge >= 0.3 is 0 Å². The van der Waals surface area contributed by atoms with Gasteiger partial charge in [0.25, 0.3) is 5.91 Å². The van der Waals surface area contributed by atoms with Gasteiger partial charge in [0.2, 0.25) is 0 Å². The molecule has 1 saturated heterocycles. The van der Waals surface area contributed by atoms with Crippen LogP contribution in [-0.2, 0) is 5.54 Å². The van der Waals surface area contributed by atoms with Crippen molar-refractivity contribution in [2.45, 2.75) is 32.2 Å². The molecule has 0 saturated carbocycles. The Balaban J connectivity index is 1.70. The number of anilines is 1. The third-order valence-corrected chi connectivity index (χ3v) is 4.23. The van der Waals surface area contributed by atoms with Crippen LogP contribution in [0, 0.1) is 0 Å². The van der Waals surface area contributed by atoms with Crippen molar-refractivity contribution in [1.82, 2.24) is 15.5 Å². The molecule has 5 nitrogen and oxygen atoms in total. The topological polar surface area (TPSA) is 58.1 Å². The molecule has 120 valence electrons. The summed E-state index contributed by atoms with van der Waals surface area (Å²) in [6, 6.07) is 13.5. The molecule has 2 heterocycles. The molecule has 0 unspecified atom stereocenters. The van der Waals surface area contributed by atoms with Crippen molar-refractivity contribution < 1.29 is 4.79 Å². The SMILES string of the molecule is CC(C)(NC(=O)c1ccc(N2CCCC2)nn1)c1ccccc1. The summed E-state index contributed by atoms with van der Waals surface area (Å²) in [6.45, 7) is 5.99. The van der Waals surface area contributed by atoms with E-state index in [-0.39, 0.29) is 5.91 Å². The maximum absolute atomic E-state index is 12.4. The van der Waals surface area contributed by atoms with E-state index in [1.165, 1.54) is 12.8 Å². The molecule has 2 aromatic rings. The Morgan fingerprint density at radius 2 is 1.74 bits per heavy atom. The number of carbonyl (C=O) groups is 1. The van der Waals surface area contributed by atoms with Gasteiger partial charge in [-0.25, -0.2) is 0 Å². The summed E-state index contributed by atoms with van der Waals surface area (Å²) in [5.74, 6) is 0.640. The smallest absolute Gasteiger partial charge is 0.272 e. The fraction of sp³-hybridized carbons (Fsp3) is 0.389. The van der Waals surface area contributed by atoms with Crippen LogP contribution in [0.15, 0.2) is 42.5 Å². The quantitative estimate of drug-likeness (QED) is 0.943. The largest absolute Gasteiger partial charge is 0.355 e. The molecule has 1 aliphatic rings. The van der Waals surface area contributed by atoms with Crippen LogP contribution >= 0.6 is 0 Å². The first-order valence-electron chi connectivity index (χ1n) is 8.03. The van der Waals surface area contributed by atoms with Gasteiger partial charge in [-0.1, -0.05) is 30.3 Å². The number of nitrogens with one attached hydrogen (secondary N) is 1. The maximum Gasteiger partial charge on any atom is 0.272 e. The number of hydrogen-bond donors (Lipinski definition) is 1. The van der Waals surface area contributed by atoms with Crippen molar-refractivity contribution >= 4 is 11.7 Å². The van der Waals surface area contributed by atoms with Crippen LogP contribution in [0.2, 0.25) is 0 Å². The molecule has 1 aromatic heterocycles. The molecular formula is C18H22N4O.